The average Bonchev–Trinajstić information content (AvgIpc) is 3.16. The molecule has 2 amide bonds. The first-order valence-corrected chi connectivity index (χ1v) is 10.8. The molecule has 0 fully saturated rings. The predicted octanol–water partition coefficient (Wildman–Crippen LogP) is 2.72. The first-order valence-electron chi connectivity index (χ1n) is 9.98. The van der Waals surface area contributed by atoms with Gasteiger partial charge in [0.1, 0.15) is 5.00 Å². The van der Waals surface area contributed by atoms with Crippen LogP contribution in [0.15, 0.2) is 36.4 Å². The van der Waals surface area contributed by atoms with Gasteiger partial charge in [-0.3, -0.25) is 14.4 Å². The van der Waals surface area contributed by atoms with E-state index in [1.165, 1.54) is 11.3 Å². The third-order valence-electron chi connectivity index (χ3n) is 4.10. The highest BCUT2D eigenvalue weighted by Crippen LogP contribution is 2.29. The summed E-state index contributed by atoms with van der Waals surface area (Å²) in [4.78, 5) is 48.8. The smallest absolute Gasteiger partial charge is 0.341 e. The standard InChI is InChI=1S/C22H26N2O6S/c1-3-16-13-17(22(28)29-4-2)21(31-16)24-19(26)14-30-20(27)10-11-23-18(25)12-15-8-6-5-7-9-15/h5-9,13H,3-4,10-12,14H2,1-2H3,(H,23,25)(H,24,26). The lowest BCUT2D eigenvalue weighted by molar-refractivity contribution is -0.147. The van der Waals surface area contributed by atoms with Crippen LogP contribution >= 0.6 is 11.3 Å². The molecule has 0 spiro atoms. The van der Waals surface area contributed by atoms with Crippen LogP contribution in [0.4, 0.5) is 5.00 Å². The minimum absolute atomic E-state index is 0.0547. The van der Waals surface area contributed by atoms with Crippen molar-refractivity contribution in [3.63, 3.8) is 0 Å². The van der Waals surface area contributed by atoms with Crippen molar-refractivity contribution in [3.05, 3.63) is 52.4 Å². The zero-order valence-corrected chi connectivity index (χ0v) is 18.4. The van der Waals surface area contributed by atoms with Gasteiger partial charge in [-0.25, -0.2) is 4.79 Å². The summed E-state index contributed by atoms with van der Waals surface area (Å²) in [5.74, 6) is -1.89. The number of thiophene rings is 1. The molecule has 166 valence electrons. The molecule has 0 radical (unpaired) electrons. The van der Waals surface area contributed by atoms with Gasteiger partial charge >= 0.3 is 11.9 Å². The maximum absolute atomic E-state index is 12.1. The van der Waals surface area contributed by atoms with Crippen LogP contribution in [0.2, 0.25) is 0 Å². The van der Waals surface area contributed by atoms with Gasteiger partial charge in [-0.05, 0) is 25.0 Å². The van der Waals surface area contributed by atoms with E-state index in [2.05, 4.69) is 10.6 Å². The third kappa shape index (κ3) is 8.21. The van der Waals surface area contributed by atoms with E-state index in [1.807, 2.05) is 37.3 Å². The van der Waals surface area contributed by atoms with Crippen molar-refractivity contribution in [1.29, 1.82) is 0 Å². The highest BCUT2D eigenvalue weighted by Gasteiger charge is 2.19. The fraction of sp³-hybridized carbons (Fsp3) is 0.364. The minimum atomic E-state index is -0.610. The lowest BCUT2D eigenvalue weighted by Crippen LogP contribution is -2.28. The molecule has 2 N–H and O–H groups in total. The predicted molar refractivity (Wildman–Crippen MR) is 117 cm³/mol. The Morgan fingerprint density at radius 2 is 1.74 bits per heavy atom. The summed E-state index contributed by atoms with van der Waals surface area (Å²) in [6.07, 6.45) is 0.875. The Bertz CT molecular complexity index is 910. The Morgan fingerprint density at radius 3 is 2.42 bits per heavy atom. The van der Waals surface area contributed by atoms with Crippen molar-refractivity contribution in [1.82, 2.24) is 5.32 Å². The van der Waals surface area contributed by atoms with Crippen LogP contribution in [0, 0.1) is 0 Å². The molecule has 1 heterocycles. The van der Waals surface area contributed by atoms with Crippen molar-refractivity contribution < 1.29 is 28.7 Å². The average molecular weight is 447 g/mol. The maximum Gasteiger partial charge on any atom is 0.341 e. The van der Waals surface area contributed by atoms with Crippen LogP contribution in [-0.2, 0) is 36.7 Å². The van der Waals surface area contributed by atoms with E-state index in [0.29, 0.717) is 11.4 Å². The lowest BCUT2D eigenvalue weighted by atomic mass is 10.1. The number of esters is 2. The summed E-state index contributed by atoms with van der Waals surface area (Å²) in [5, 5.41) is 5.60. The lowest BCUT2D eigenvalue weighted by Gasteiger charge is -2.08. The van der Waals surface area contributed by atoms with Gasteiger partial charge in [-0.2, -0.15) is 0 Å². The largest absolute Gasteiger partial charge is 0.462 e. The van der Waals surface area contributed by atoms with Crippen LogP contribution in [-0.4, -0.2) is 43.5 Å². The zero-order chi connectivity index (χ0) is 22.6. The van der Waals surface area contributed by atoms with Gasteiger partial charge in [-0.1, -0.05) is 37.3 Å². The molecule has 1 aromatic carbocycles. The Balaban J connectivity index is 1.73. The van der Waals surface area contributed by atoms with Crippen molar-refractivity contribution in [3.8, 4) is 0 Å². The topological polar surface area (TPSA) is 111 Å². The molecule has 8 nitrogen and oxygen atoms in total. The van der Waals surface area contributed by atoms with E-state index < -0.39 is 24.5 Å². The summed E-state index contributed by atoms with van der Waals surface area (Å²) in [5.41, 5.74) is 1.16. The Kier molecular flexibility index (Phi) is 9.70. The molecular weight excluding hydrogens is 420 g/mol. The monoisotopic (exact) mass is 446 g/mol. The van der Waals surface area contributed by atoms with E-state index in [1.54, 1.807) is 13.0 Å². The van der Waals surface area contributed by atoms with Gasteiger partial charge in [0.15, 0.2) is 6.61 Å². The number of amides is 2. The summed E-state index contributed by atoms with van der Waals surface area (Å²) < 4.78 is 9.95. The highest BCUT2D eigenvalue weighted by molar-refractivity contribution is 7.16. The normalized spacial score (nSPS) is 10.3. The molecule has 0 aliphatic rings. The minimum Gasteiger partial charge on any atom is -0.462 e. The number of nitrogens with one attached hydrogen (secondary N) is 2. The summed E-state index contributed by atoms with van der Waals surface area (Å²) in [7, 11) is 0. The molecule has 0 bridgehead atoms. The molecule has 2 aromatic rings. The molecule has 0 atom stereocenters. The van der Waals surface area contributed by atoms with Gasteiger partial charge in [0.25, 0.3) is 5.91 Å². The number of carbonyl (C=O) groups is 4. The van der Waals surface area contributed by atoms with Crippen molar-refractivity contribution in [2.24, 2.45) is 0 Å². The van der Waals surface area contributed by atoms with Crippen LogP contribution in [0.25, 0.3) is 0 Å². The second-order valence-corrected chi connectivity index (χ2v) is 7.64. The first kappa shape index (κ1) is 24.1. The number of benzene rings is 1. The number of aryl methyl sites for hydroxylation is 1. The third-order valence-corrected chi connectivity index (χ3v) is 5.30. The molecule has 9 heteroatoms. The first-order chi connectivity index (χ1) is 14.9. The van der Waals surface area contributed by atoms with E-state index in [-0.39, 0.29) is 37.5 Å². The van der Waals surface area contributed by atoms with Crippen LogP contribution in [0.1, 0.15) is 41.1 Å². The highest BCUT2D eigenvalue weighted by atomic mass is 32.1. The molecule has 1 aromatic heterocycles. The summed E-state index contributed by atoms with van der Waals surface area (Å²) in [6.45, 7) is 3.49. The SMILES string of the molecule is CCOC(=O)c1cc(CC)sc1NC(=O)COC(=O)CCNC(=O)Cc1ccccc1. The Labute approximate surface area is 184 Å². The Morgan fingerprint density at radius 1 is 1.00 bits per heavy atom. The van der Waals surface area contributed by atoms with Gasteiger partial charge in [0.05, 0.1) is 25.0 Å². The fourth-order valence-electron chi connectivity index (χ4n) is 2.60. The molecule has 31 heavy (non-hydrogen) atoms. The number of hydrogen-bond acceptors (Lipinski definition) is 7. The van der Waals surface area contributed by atoms with E-state index >= 15 is 0 Å². The van der Waals surface area contributed by atoms with Gasteiger partial charge in [0, 0.05) is 11.4 Å². The van der Waals surface area contributed by atoms with Gasteiger partial charge in [0.2, 0.25) is 5.91 Å². The van der Waals surface area contributed by atoms with E-state index in [4.69, 9.17) is 9.47 Å². The second-order valence-electron chi connectivity index (χ2n) is 6.50. The number of hydrogen-bond donors (Lipinski definition) is 2. The number of rotatable bonds is 11. The van der Waals surface area contributed by atoms with Crippen molar-refractivity contribution in [2.75, 3.05) is 25.1 Å². The van der Waals surface area contributed by atoms with E-state index in [9.17, 15) is 19.2 Å². The summed E-state index contributed by atoms with van der Waals surface area (Å²) in [6, 6.07) is 10.9. The van der Waals surface area contributed by atoms with Crippen molar-refractivity contribution in [2.45, 2.75) is 33.1 Å². The molecule has 0 aliphatic heterocycles. The quantitative estimate of drug-likeness (QED) is 0.514. The number of ether oxygens (including phenoxy) is 2. The zero-order valence-electron chi connectivity index (χ0n) is 17.6. The molecule has 0 aliphatic carbocycles. The van der Waals surface area contributed by atoms with Crippen LogP contribution in [0.3, 0.4) is 0 Å². The van der Waals surface area contributed by atoms with Crippen molar-refractivity contribution >= 4 is 40.1 Å². The van der Waals surface area contributed by atoms with Crippen LogP contribution < -0.4 is 10.6 Å². The molecule has 0 unspecified atom stereocenters. The van der Waals surface area contributed by atoms with E-state index in [0.717, 1.165) is 10.4 Å². The van der Waals surface area contributed by atoms with Crippen LogP contribution in [0.5, 0.6) is 0 Å². The second kappa shape index (κ2) is 12.5. The van der Waals surface area contributed by atoms with Gasteiger partial charge in [-0.15, -0.1) is 11.3 Å². The molecular formula is C22H26N2O6S. The number of carbonyl (C=O) groups excluding carboxylic acids is 4. The van der Waals surface area contributed by atoms with Gasteiger partial charge < -0.3 is 20.1 Å². The number of anilines is 1. The fourth-order valence-corrected chi connectivity index (χ4v) is 3.60. The maximum atomic E-state index is 12.1. The summed E-state index contributed by atoms with van der Waals surface area (Å²) >= 11 is 1.27. The molecule has 0 saturated carbocycles. The molecule has 2 rings (SSSR count). The molecule has 0 saturated heterocycles. The Hall–Kier alpha value is -3.20.